The van der Waals surface area contributed by atoms with Crippen molar-refractivity contribution in [2.45, 2.75) is 44.4 Å². The number of benzene rings is 1. The first-order chi connectivity index (χ1) is 14.1. The van der Waals surface area contributed by atoms with Crippen molar-refractivity contribution in [1.29, 1.82) is 0 Å². The molecule has 1 aromatic heterocycles. The van der Waals surface area contributed by atoms with Gasteiger partial charge in [0.2, 0.25) is 0 Å². The molecular weight excluding hydrogens is 440 g/mol. The van der Waals surface area contributed by atoms with Gasteiger partial charge in [-0.15, -0.1) is 0 Å². The number of pyridine rings is 1. The lowest BCUT2D eigenvalue weighted by molar-refractivity contribution is -0.420. The van der Waals surface area contributed by atoms with Crippen LogP contribution in [0.3, 0.4) is 0 Å². The lowest BCUT2D eigenvalue weighted by Gasteiger charge is -2.38. The van der Waals surface area contributed by atoms with Gasteiger partial charge in [-0.2, -0.15) is 0 Å². The summed E-state index contributed by atoms with van der Waals surface area (Å²) in [5, 5.41) is 43.0. The molecule has 31 heavy (non-hydrogen) atoms. The first-order valence-corrected chi connectivity index (χ1v) is 16.5. The highest BCUT2D eigenvalue weighted by Crippen LogP contribution is 2.37. The molecule has 2 rings (SSSR count). The van der Waals surface area contributed by atoms with Gasteiger partial charge in [-0.3, -0.25) is 30.3 Å². The molecule has 0 amide bonds. The van der Waals surface area contributed by atoms with Crippen LogP contribution < -0.4 is 10.1 Å². The summed E-state index contributed by atoms with van der Waals surface area (Å²) in [6.45, 7) is 15.0. The highest BCUT2D eigenvalue weighted by atomic mass is 28.4. The third-order valence-electron chi connectivity index (χ3n) is 4.45. The highest BCUT2D eigenvalue weighted by Gasteiger charge is 2.38. The van der Waals surface area contributed by atoms with E-state index in [1.165, 1.54) is 0 Å². The molecule has 0 spiro atoms. The minimum Gasteiger partial charge on any atom is -0.863 e. The van der Waals surface area contributed by atoms with Crippen molar-refractivity contribution in [3.05, 3.63) is 72.6 Å². The molecule has 11 nitrogen and oxygen atoms in total. The van der Waals surface area contributed by atoms with Gasteiger partial charge in [-0.1, -0.05) is 39.3 Å². The van der Waals surface area contributed by atoms with Crippen molar-refractivity contribution < 1.29 is 24.9 Å². The largest absolute Gasteiger partial charge is 0.863 e. The Morgan fingerprint density at radius 2 is 1.16 bits per heavy atom. The Bertz CT molecular complexity index is 924. The fourth-order valence-corrected chi connectivity index (χ4v) is 16.6. The molecule has 1 heterocycles. The Hall–Kier alpha value is -3.20. The van der Waals surface area contributed by atoms with E-state index in [9.17, 15) is 35.4 Å². The molecule has 0 radical (unpaired) electrons. The van der Waals surface area contributed by atoms with E-state index in [0.717, 1.165) is 5.16 Å². The molecule has 0 aliphatic rings. The van der Waals surface area contributed by atoms with Crippen LogP contribution in [0, 0.1) is 30.3 Å². The summed E-state index contributed by atoms with van der Waals surface area (Å²) in [5.41, 5.74) is -1.72. The van der Waals surface area contributed by atoms with Gasteiger partial charge in [0, 0.05) is 28.3 Å². The van der Waals surface area contributed by atoms with Crippen LogP contribution >= 0.6 is 0 Å². The first-order valence-electron chi connectivity index (χ1n) is 9.31. The number of hydrogen-bond acceptors (Lipinski definition) is 7. The molecule has 0 bridgehead atoms. The van der Waals surface area contributed by atoms with E-state index in [1.807, 2.05) is 0 Å². The fraction of sp³-hybridized carbons (Fsp3) is 0.389. The second kappa shape index (κ2) is 9.74. The molecule has 0 fully saturated rings. The van der Waals surface area contributed by atoms with Gasteiger partial charge in [-0.05, 0) is 10.7 Å². The summed E-state index contributed by atoms with van der Waals surface area (Å²) in [5.74, 6) is -1.46. The van der Waals surface area contributed by atoms with Gasteiger partial charge in [-0.25, -0.2) is 4.98 Å². The summed E-state index contributed by atoms with van der Waals surface area (Å²) >= 11 is 0. The van der Waals surface area contributed by atoms with E-state index >= 15 is 0 Å². The van der Waals surface area contributed by atoms with E-state index < -0.39 is 53.7 Å². The van der Waals surface area contributed by atoms with Crippen LogP contribution in [0.1, 0.15) is 10.7 Å². The molecule has 1 aromatic carbocycles. The number of nitro groups is 3. The first kappa shape index (κ1) is 25.8. The quantitative estimate of drug-likeness (QED) is 0.354. The maximum Gasteiger partial charge on any atom is 0.283 e. The molecule has 2 aromatic rings. The highest BCUT2D eigenvalue weighted by molar-refractivity contribution is 6.96. The van der Waals surface area contributed by atoms with Crippen LogP contribution in [0.4, 0.5) is 17.1 Å². The Morgan fingerprint density at radius 1 is 0.774 bits per heavy atom. The molecule has 0 atom stereocenters. The monoisotopic (exact) mass is 466 g/mol. The fourth-order valence-electron chi connectivity index (χ4n) is 3.85. The standard InChI is InChI=1S/C12H23NSi2.C6H3N3O7/c1-14(2,3)12(15(4,5)6)11-7-9-13-10-8-11;10-6-4(8(13)14)1-3(7(11)12)2-5(6)9(15)16/h7-10,12H,1-6H3;1-2,10H. The van der Waals surface area contributed by atoms with E-state index in [-0.39, 0.29) is 0 Å². The lowest BCUT2D eigenvalue weighted by Crippen LogP contribution is -2.46. The topological polar surface area (TPSA) is 167 Å². The Balaban J connectivity index is 0.000000311. The second-order valence-electron chi connectivity index (χ2n) is 9.08. The maximum atomic E-state index is 11.1. The zero-order valence-corrected chi connectivity index (χ0v) is 20.2. The average molecular weight is 467 g/mol. The van der Waals surface area contributed by atoms with Crippen molar-refractivity contribution in [3.8, 4) is 5.75 Å². The van der Waals surface area contributed by atoms with Crippen LogP contribution in [0.15, 0.2) is 36.7 Å². The van der Waals surface area contributed by atoms with E-state index in [4.69, 9.17) is 0 Å². The molecule has 168 valence electrons. The number of nitro benzene ring substituents is 3. The molecule has 0 saturated heterocycles. The lowest BCUT2D eigenvalue weighted by atomic mass is 10.2. The number of H-pyrrole nitrogens is 1. The summed E-state index contributed by atoms with van der Waals surface area (Å²) in [7, 11) is -2.23. The molecule has 0 aliphatic heterocycles. The van der Waals surface area contributed by atoms with Crippen LogP contribution in [-0.4, -0.2) is 30.9 Å². The smallest absolute Gasteiger partial charge is 0.283 e. The third kappa shape index (κ3) is 6.92. The number of nitrogens with zero attached hydrogens (tertiary/aromatic N) is 3. The molecular formula is C18H26N4O7Si2. The molecule has 0 unspecified atom stereocenters. The Kier molecular flexibility index (Phi) is 8.12. The van der Waals surface area contributed by atoms with E-state index in [2.05, 4.69) is 68.8 Å². The predicted molar refractivity (Wildman–Crippen MR) is 118 cm³/mol. The third-order valence-corrected chi connectivity index (χ3v) is 13.8. The summed E-state index contributed by atoms with van der Waals surface area (Å²) in [4.78, 5) is 30.6. The van der Waals surface area contributed by atoms with Gasteiger partial charge in [0.05, 0.1) is 32.7 Å². The van der Waals surface area contributed by atoms with Gasteiger partial charge in [0.15, 0.2) is 12.4 Å². The van der Waals surface area contributed by atoms with E-state index in [0.29, 0.717) is 12.1 Å². The Morgan fingerprint density at radius 3 is 1.45 bits per heavy atom. The van der Waals surface area contributed by atoms with Crippen molar-refractivity contribution in [2.24, 2.45) is 0 Å². The number of aromatic nitrogens is 1. The van der Waals surface area contributed by atoms with Gasteiger partial charge >= 0.3 is 0 Å². The van der Waals surface area contributed by atoms with E-state index in [1.54, 1.807) is 5.56 Å². The van der Waals surface area contributed by atoms with Gasteiger partial charge in [0.1, 0.15) is 0 Å². The predicted octanol–water partition coefficient (Wildman–Crippen LogP) is 3.82. The van der Waals surface area contributed by atoms with Crippen molar-refractivity contribution in [2.75, 3.05) is 0 Å². The minimum absolute atomic E-state index is 0.384. The van der Waals surface area contributed by atoms with Crippen molar-refractivity contribution in [3.63, 3.8) is 0 Å². The van der Waals surface area contributed by atoms with Crippen LogP contribution in [-0.2, 0) is 0 Å². The number of rotatable bonds is 6. The van der Waals surface area contributed by atoms with Crippen molar-refractivity contribution >= 4 is 33.2 Å². The SMILES string of the molecule is C[Si](C)(C)C(c1cc[nH+]cc1)[Si](C)(C)C.O=[N+]([O-])c1cc([N+](=O)[O-])c([O-])c([N+](=O)[O-])c1. The molecule has 13 heteroatoms. The number of non-ortho nitro benzene ring substituents is 1. The number of aromatic amines is 1. The number of nitrogens with one attached hydrogen (secondary N) is 1. The average Bonchev–Trinajstić information content (AvgIpc) is 2.60. The Labute approximate surface area is 181 Å². The normalized spacial score (nSPS) is 11.5. The molecule has 1 N–H and O–H groups in total. The summed E-state index contributed by atoms with van der Waals surface area (Å²) in [6.07, 6.45) is 4.12. The van der Waals surface area contributed by atoms with Gasteiger partial charge < -0.3 is 5.11 Å². The molecule has 0 saturated carbocycles. The molecule has 0 aliphatic carbocycles. The summed E-state index contributed by atoms with van der Waals surface area (Å²) in [6, 6.07) is 5.30. The van der Waals surface area contributed by atoms with Crippen LogP contribution in [0.5, 0.6) is 5.75 Å². The van der Waals surface area contributed by atoms with Gasteiger partial charge in [0.25, 0.3) is 17.1 Å². The second-order valence-corrected chi connectivity index (χ2v) is 20.3. The summed E-state index contributed by atoms with van der Waals surface area (Å²) < 4.78 is 0. The van der Waals surface area contributed by atoms with Crippen molar-refractivity contribution in [1.82, 2.24) is 0 Å². The van der Waals surface area contributed by atoms with Crippen LogP contribution in [0.25, 0.3) is 0 Å². The zero-order chi connectivity index (χ0) is 24.1. The number of hydrogen-bond donors (Lipinski definition) is 0. The van der Waals surface area contributed by atoms with Crippen LogP contribution in [0.2, 0.25) is 39.3 Å². The minimum atomic E-state index is -1.46. The zero-order valence-electron chi connectivity index (χ0n) is 18.2. The maximum absolute atomic E-state index is 11.1.